The third-order valence-electron chi connectivity index (χ3n) is 8.07. The van der Waals surface area contributed by atoms with Crippen molar-refractivity contribution in [3.8, 4) is 11.3 Å². The molecule has 3 heterocycles. The van der Waals surface area contributed by atoms with Crippen LogP contribution in [-0.4, -0.2) is 44.4 Å². The van der Waals surface area contributed by atoms with Crippen molar-refractivity contribution in [3.05, 3.63) is 87.1 Å². The van der Waals surface area contributed by atoms with Gasteiger partial charge in [0.05, 0.1) is 23.6 Å². The number of aromatic nitrogens is 4. The number of benzene rings is 2. The number of carbonyl (C=O) groups is 1. The summed E-state index contributed by atoms with van der Waals surface area (Å²) in [7, 11) is 2.05. The lowest BCUT2D eigenvalue weighted by Gasteiger charge is -2.25. The second-order valence-electron chi connectivity index (χ2n) is 11.7. The summed E-state index contributed by atoms with van der Waals surface area (Å²) >= 11 is 0. The molecule has 2 aromatic carbocycles. The summed E-state index contributed by atoms with van der Waals surface area (Å²) in [6.45, 7) is 10.7. The maximum absolute atomic E-state index is 15.0. The van der Waals surface area contributed by atoms with Crippen molar-refractivity contribution in [2.45, 2.75) is 65.5 Å². The Morgan fingerprint density at radius 2 is 1.88 bits per heavy atom. The molecule has 0 unspecified atom stereocenters. The summed E-state index contributed by atoms with van der Waals surface area (Å²) in [6.07, 6.45) is 3.32. The van der Waals surface area contributed by atoms with Gasteiger partial charge in [0.25, 0.3) is 11.5 Å². The highest BCUT2D eigenvalue weighted by molar-refractivity contribution is 6.05. The van der Waals surface area contributed by atoms with Gasteiger partial charge in [0.2, 0.25) is 0 Å². The van der Waals surface area contributed by atoms with Crippen LogP contribution in [0.2, 0.25) is 0 Å². The Kier molecular flexibility index (Phi) is 8.27. The van der Waals surface area contributed by atoms with Crippen LogP contribution in [0.4, 0.5) is 21.6 Å². The van der Waals surface area contributed by atoms with E-state index in [0.717, 1.165) is 50.2 Å². The van der Waals surface area contributed by atoms with Crippen LogP contribution < -0.4 is 16.2 Å². The number of unbranched alkanes of at least 4 members (excludes halogenated alkanes) is 1. The number of rotatable bonds is 9. The van der Waals surface area contributed by atoms with E-state index >= 15 is 4.39 Å². The number of likely N-dealkylation sites (N-methyl/N-ethyl adjacent to an activating group) is 1. The van der Waals surface area contributed by atoms with Crippen molar-refractivity contribution >= 4 is 23.1 Å². The first-order valence-electron chi connectivity index (χ1n) is 14.4. The molecule has 1 amide bonds. The summed E-state index contributed by atoms with van der Waals surface area (Å²) in [5.74, 6) is -0.400. The van der Waals surface area contributed by atoms with E-state index in [1.54, 1.807) is 31.2 Å². The van der Waals surface area contributed by atoms with Crippen molar-refractivity contribution in [1.82, 2.24) is 24.9 Å². The van der Waals surface area contributed by atoms with Crippen LogP contribution in [0.15, 0.2) is 53.3 Å². The third kappa shape index (κ3) is 6.13. The minimum atomic E-state index is -0.557. The first-order valence-corrected chi connectivity index (χ1v) is 14.4. The molecule has 0 aliphatic carbocycles. The Balaban J connectivity index is 1.37. The average molecular weight is 572 g/mol. The highest BCUT2D eigenvalue weighted by Gasteiger charge is 2.22. The normalized spacial score (nSPS) is 13.6. The molecule has 3 N–H and O–H groups in total. The highest BCUT2D eigenvalue weighted by Crippen LogP contribution is 2.32. The third-order valence-corrected chi connectivity index (χ3v) is 8.07. The monoisotopic (exact) mass is 571 g/mol. The van der Waals surface area contributed by atoms with Gasteiger partial charge in [-0.2, -0.15) is 10.2 Å². The lowest BCUT2D eigenvalue weighted by atomic mass is 9.80. The lowest BCUT2D eigenvalue weighted by molar-refractivity contribution is 0.102. The van der Waals surface area contributed by atoms with Gasteiger partial charge in [0.15, 0.2) is 5.82 Å². The van der Waals surface area contributed by atoms with Gasteiger partial charge >= 0.3 is 0 Å². The fourth-order valence-electron chi connectivity index (χ4n) is 5.36. The van der Waals surface area contributed by atoms with Gasteiger partial charge in [-0.1, -0.05) is 45.7 Å². The zero-order valence-electron chi connectivity index (χ0n) is 24.8. The summed E-state index contributed by atoms with van der Waals surface area (Å²) in [6, 6.07) is 13.9. The van der Waals surface area contributed by atoms with E-state index in [-0.39, 0.29) is 16.8 Å². The minimum absolute atomic E-state index is 0.00718. The Morgan fingerprint density at radius 3 is 2.62 bits per heavy atom. The van der Waals surface area contributed by atoms with Gasteiger partial charge in [0, 0.05) is 30.3 Å². The number of aromatic amines is 1. The van der Waals surface area contributed by atoms with Crippen LogP contribution >= 0.6 is 0 Å². The number of nitrogens with one attached hydrogen (secondary N) is 3. The Bertz CT molecular complexity index is 1660. The smallest absolute Gasteiger partial charge is 0.287 e. The van der Waals surface area contributed by atoms with E-state index in [2.05, 4.69) is 58.6 Å². The predicted molar refractivity (Wildman–Crippen MR) is 164 cm³/mol. The number of hydrogen-bond acceptors (Lipinski definition) is 6. The zero-order chi connectivity index (χ0) is 30.0. The molecule has 42 heavy (non-hydrogen) atoms. The molecule has 0 saturated heterocycles. The van der Waals surface area contributed by atoms with Crippen LogP contribution in [-0.2, 0) is 18.5 Å². The molecule has 9 nitrogen and oxygen atoms in total. The average Bonchev–Trinajstić information content (AvgIpc) is 3.37. The van der Waals surface area contributed by atoms with Crippen LogP contribution in [0.25, 0.3) is 11.3 Å². The van der Waals surface area contributed by atoms with Gasteiger partial charge in [-0.3, -0.25) is 19.2 Å². The first kappa shape index (κ1) is 29.2. The van der Waals surface area contributed by atoms with Crippen molar-refractivity contribution in [2.75, 3.05) is 24.2 Å². The topological polar surface area (TPSA) is 108 Å². The number of anilines is 3. The van der Waals surface area contributed by atoms with Gasteiger partial charge in [-0.15, -0.1) is 0 Å². The second-order valence-corrected chi connectivity index (χ2v) is 11.7. The van der Waals surface area contributed by atoms with Crippen LogP contribution in [0.5, 0.6) is 0 Å². The molecule has 0 bridgehead atoms. The molecule has 10 heteroatoms. The number of halogens is 1. The first-order chi connectivity index (χ1) is 20.1. The molecule has 0 fully saturated rings. The van der Waals surface area contributed by atoms with Crippen LogP contribution in [0.3, 0.4) is 0 Å². The van der Waals surface area contributed by atoms with Gasteiger partial charge in [0.1, 0.15) is 11.5 Å². The summed E-state index contributed by atoms with van der Waals surface area (Å²) < 4.78 is 16.9. The summed E-state index contributed by atoms with van der Waals surface area (Å²) in [5, 5.41) is 17.1. The number of fused-ring (bicyclic) bond motifs is 1. The minimum Gasteiger partial charge on any atom is -0.334 e. The highest BCUT2D eigenvalue weighted by atomic mass is 19.1. The number of hydrogen-bond donors (Lipinski definition) is 3. The van der Waals surface area contributed by atoms with Gasteiger partial charge in [-0.25, -0.2) is 9.49 Å². The molecular weight excluding hydrogens is 533 g/mol. The molecule has 0 spiro atoms. The van der Waals surface area contributed by atoms with Gasteiger partial charge in [-0.05, 0) is 67.3 Å². The molecule has 0 saturated carbocycles. The fraction of sp³-hybridized carbons (Fsp3) is 0.375. The molecule has 1 aliphatic heterocycles. The maximum Gasteiger partial charge on any atom is 0.287 e. The largest absolute Gasteiger partial charge is 0.334 e. The van der Waals surface area contributed by atoms with E-state index in [4.69, 9.17) is 0 Å². The zero-order valence-corrected chi connectivity index (χ0v) is 24.8. The molecule has 220 valence electrons. The van der Waals surface area contributed by atoms with Crippen molar-refractivity contribution in [3.63, 3.8) is 0 Å². The molecular formula is C32H38FN7O2. The van der Waals surface area contributed by atoms with E-state index in [9.17, 15) is 9.59 Å². The van der Waals surface area contributed by atoms with E-state index in [1.165, 1.54) is 6.07 Å². The van der Waals surface area contributed by atoms with Crippen molar-refractivity contribution in [2.24, 2.45) is 0 Å². The van der Waals surface area contributed by atoms with Crippen LogP contribution in [0, 0.1) is 12.7 Å². The molecule has 5 rings (SSSR count). The molecule has 0 radical (unpaired) electrons. The SMILES string of the molecule is CCCCC(C)(C)c1ccc(C(=O)Nc2c(F)ccc(-c3cc(Nc4cc5n(n4)CCN(C)C5)c(=O)[nH]n3)c2C)cc1. The molecule has 0 atom stereocenters. The van der Waals surface area contributed by atoms with E-state index in [0.29, 0.717) is 28.2 Å². The van der Waals surface area contributed by atoms with E-state index < -0.39 is 17.3 Å². The number of amides is 1. The quantitative estimate of drug-likeness (QED) is 0.228. The van der Waals surface area contributed by atoms with Crippen molar-refractivity contribution < 1.29 is 9.18 Å². The maximum atomic E-state index is 15.0. The number of H-pyrrole nitrogens is 1. The lowest BCUT2D eigenvalue weighted by Crippen LogP contribution is -2.30. The van der Waals surface area contributed by atoms with Gasteiger partial charge < -0.3 is 10.6 Å². The Morgan fingerprint density at radius 1 is 1.12 bits per heavy atom. The molecule has 4 aromatic rings. The predicted octanol–water partition coefficient (Wildman–Crippen LogP) is 5.99. The fourth-order valence-corrected chi connectivity index (χ4v) is 5.36. The van der Waals surface area contributed by atoms with Crippen molar-refractivity contribution in [1.29, 1.82) is 0 Å². The summed E-state index contributed by atoms with van der Waals surface area (Å²) in [5.41, 5.74) is 4.08. The van der Waals surface area contributed by atoms with E-state index in [1.807, 2.05) is 22.9 Å². The Labute approximate surface area is 245 Å². The number of nitrogens with zero attached hydrogens (tertiary/aromatic N) is 4. The Hall–Kier alpha value is -4.31. The molecule has 1 aliphatic rings. The van der Waals surface area contributed by atoms with Crippen LogP contribution in [0.1, 0.15) is 67.2 Å². The number of carbonyl (C=O) groups excluding carboxylic acids is 1. The molecule has 2 aromatic heterocycles. The summed E-state index contributed by atoms with van der Waals surface area (Å²) in [4.78, 5) is 28.0. The standard InChI is InChI=1S/C32H38FN7O2/c1-6-7-14-32(3,4)22-10-8-21(9-11-22)30(41)35-29-20(2)24(12-13-25(29)33)26-18-27(31(42)37-36-26)34-28-17-23-19-39(5)15-16-40(23)38-28/h8-13,17-18H,6-7,14-16,19H2,1-5H3,(H,35,41)(H,37,42)(H,34,36,38). The second kappa shape index (κ2) is 11.9.